The van der Waals surface area contributed by atoms with E-state index in [4.69, 9.17) is 14.2 Å². The minimum absolute atomic E-state index is 0.0632. The predicted molar refractivity (Wildman–Crippen MR) is 252 cm³/mol. The third-order valence-electron chi connectivity index (χ3n) is 12.0. The summed E-state index contributed by atoms with van der Waals surface area (Å²) in [5.74, 6) is 0.00832. The Morgan fingerprint density at radius 2 is 0.559 bits per heavy atom. The molecule has 0 aromatic heterocycles. The second-order valence-electron chi connectivity index (χ2n) is 18.6. The zero-order valence-corrected chi connectivity index (χ0v) is 40.2. The van der Waals surface area contributed by atoms with Crippen molar-refractivity contribution < 1.29 is 28.6 Å². The fraction of sp³-hybridized carbons (Fsp3) is 0.943. The average molecular weight is 835 g/mol. The van der Waals surface area contributed by atoms with Gasteiger partial charge in [-0.25, -0.2) is 0 Å². The molecular weight excluding hydrogens is 733 g/mol. The number of hydrogen-bond acceptors (Lipinski definition) is 6. The van der Waals surface area contributed by atoms with Gasteiger partial charge in [-0.05, 0) is 25.2 Å². The lowest BCUT2D eigenvalue weighted by Crippen LogP contribution is -2.30. The van der Waals surface area contributed by atoms with Crippen LogP contribution in [-0.2, 0) is 28.6 Å². The van der Waals surface area contributed by atoms with Crippen molar-refractivity contribution in [2.45, 2.75) is 303 Å². The third-order valence-corrected chi connectivity index (χ3v) is 12.0. The van der Waals surface area contributed by atoms with Gasteiger partial charge in [0.05, 0.1) is 0 Å². The summed E-state index contributed by atoms with van der Waals surface area (Å²) in [6.07, 6.45) is 49.7. The summed E-state index contributed by atoms with van der Waals surface area (Å²) >= 11 is 0. The summed E-state index contributed by atoms with van der Waals surface area (Å²) in [4.78, 5) is 37.8. The SMILES string of the molecule is CCCCCCCCCCCCCCCC(=O)OC[C@@H](COC(=O)CCCCCCCCCCCCCCCCCCCCC(C)C)OC(=O)CCCCCCCCC. The van der Waals surface area contributed by atoms with E-state index in [1.54, 1.807) is 0 Å². The molecule has 6 heteroatoms. The van der Waals surface area contributed by atoms with Gasteiger partial charge >= 0.3 is 17.9 Å². The topological polar surface area (TPSA) is 78.9 Å². The molecule has 350 valence electrons. The molecule has 59 heavy (non-hydrogen) atoms. The first-order chi connectivity index (χ1) is 28.9. The van der Waals surface area contributed by atoms with Crippen LogP contribution in [0.4, 0.5) is 0 Å². The molecule has 0 heterocycles. The maximum Gasteiger partial charge on any atom is 0.306 e. The summed E-state index contributed by atoms with van der Waals surface area (Å²) in [7, 11) is 0. The zero-order chi connectivity index (χ0) is 43.1. The van der Waals surface area contributed by atoms with E-state index in [1.807, 2.05) is 0 Å². The molecule has 0 bridgehead atoms. The van der Waals surface area contributed by atoms with Crippen LogP contribution in [0.1, 0.15) is 297 Å². The van der Waals surface area contributed by atoms with E-state index in [9.17, 15) is 14.4 Å². The van der Waals surface area contributed by atoms with Crippen LogP contribution in [0.25, 0.3) is 0 Å². The van der Waals surface area contributed by atoms with Gasteiger partial charge in [0.2, 0.25) is 0 Å². The molecule has 0 aliphatic heterocycles. The lowest BCUT2D eigenvalue weighted by atomic mass is 10.0. The first-order valence-corrected chi connectivity index (χ1v) is 26.4. The Morgan fingerprint density at radius 1 is 0.322 bits per heavy atom. The summed E-state index contributed by atoms with van der Waals surface area (Å²) < 4.78 is 16.7. The van der Waals surface area contributed by atoms with Gasteiger partial charge in [0.1, 0.15) is 13.2 Å². The molecule has 0 rings (SSSR count). The monoisotopic (exact) mass is 835 g/mol. The number of unbranched alkanes of at least 4 members (excludes halogenated alkanes) is 35. The smallest absolute Gasteiger partial charge is 0.306 e. The third kappa shape index (κ3) is 47.3. The fourth-order valence-corrected chi connectivity index (χ4v) is 8.04. The van der Waals surface area contributed by atoms with Crippen molar-refractivity contribution in [3.8, 4) is 0 Å². The summed E-state index contributed by atoms with van der Waals surface area (Å²) in [5, 5.41) is 0. The maximum atomic E-state index is 12.7. The Bertz CT molecular complexity index is 887. The number of rotatable bonds is 48. The number of hydrogen-bond donors (Lipinski definition) is 0. The van der Waals surface area contributed by atoms with E-state index in [0.29, 0.717) is 19.3 Å². The molecule has 1 atom stereocenters. The van der Waals surface area contributed by atoms with Gasteiger partial charge in [-0.2, -0.15) is 0 Å². The van der Waals surface area contributed by atoms with Gasteiger partial charge < -0.3 is 14.2 Å². The van der Waals surface area contributed by atoms with Crippen molar-refractivity contribution in [1.82, 2.24) is 0 Å². The minimum Gasteiger partial charge on any atom is -0.462 e. The molecule has 0 amide bonds. The lowest BCUT2D eigenvalue weighted by molar-refractivity contribution is -0.167. The molecule has 0 radical (unpaired) electrons. The largest absolute Gasteiger partial charge is 0.462 e. The quantitative estimate of drug-likeness (QED) is 0.0345. The maximum absolute atomic E-state index is 12.7. The zero-order valence-electron chi connectivity index (χ0n) is 40.2. The van der Waals surface area contributed by atoms with E-state index in [1.165, 1.54) is 193 Å². The van der Waals surface area contributed by atoms with Crippen molar-refractivity contribution in [1.29, 1.82) is 0 Å². The van der Waals surface area contributed by atoms with Crippen molar-refractivity contribution in [2.24, 2.45) is 5.92 Å². The average Bonchev–Trinajstić information content (AvgIpc) is 3.22. The highest BCUT2D eigenvalue weighted by atomic mass is 16.6. The van der Waals surface area contributed by atoms with Crippen LogP contribution in [-0.4, -0.2) is 37.2 Å². The molecule has 0 aliphatic carbocycles. The predicted octanol–water partition coefficient (Wildman–Crippen LogP) is 17.1. The molecule has 0 aromatic rings. The first kappa shape index (κ1) is 57.4. The Hall–Kier alpha value is -1.59. The highest BCUT2D eigenvalue weighted by Crippen LogP contribution is 2.17. The van der Waals surface area contributed by atoms with E-state index in [0.717, 1.165) is 63.7 Å². The van der Waals surface area contributed by atoms with Crippen molar-refractivity contribution in [3.05, 3.63) is 0 Å². The first-order valence-electron chi connectivity index (χ1n) is 26.4. The summed E-state index contributed by atoms with van der Waals surface area (Å²) in [6.45, 7) is 9.01. The van der Waals surface area contributed by atoms with Crippen LogP contribution in [0.3, 0.4) is 0 Å². The van der Waals surface area contributed by atoms with Gasteiger partial charge in [-0.1, -0.05) is 259 Å². The minimum atomic E-state index is -0.759. The number of esters is 3. The van der Waals surface area contributed by atoms with Gasteiger partial charge in [0.25, 0.3) is 0 Å². The Balaban J connectivity index is 4.09. The molecule has 0 unspecified atom stereocenters. The standard InChI is InChI=1S/C53H102O6/c1-5-7-9-11-13-14-15-22-26-29-33-36-40-44-51(54)57-47-50(59-53(56)46-42-38-31-12-10-8-6-2)48-58-52(55)45-41-37-34-30-27-24-21-19-17-16-18-20-23-25-28-32-35-39-43-49(3)4/h49-50H,5-48H2,1-4H3/t50-/m0/s1. The van der Waals surface area contributed by atoms with Crippen LogP contribution in [0, 0.1) is 5.92 Å². The molecule has 0 spiro atoms. The van der Waals surface area contributed by atoms with Crippen LogP contribution < -0.4 is 0 Å². The molecule has 0 aliphatic rings. The Morgan fingerprint density at radius 3 is 0.831 bits per heavy atom. The van der Waals surface area contributed by atoms with E-state index < -0.39 is 6.10 Å². The molecule has 0 aromatic carbocycles. The van der Waals surface area contributed by atoms with Crippen molar-refractivity contribution in [2.75, 3.05) is 13.2 Å². The van der Waals surface area contributed by atoms with Crippen molar-refractivity contribution in [3.63, 3.8) is 0 Å². The molecular formula is C53H102O6. The van der Waals surface area contributed by atoms with E-state index in [-0.39, 0.29) is 31.1 Å². The van der Waals surface area contributed by atoms with E-state index >= 15 is 0 Å². The van der Waals surface area contributed by atoms with Gasteiger partial charge in [0, 0.05) is 19.3 Å². The van der Waals surface area contributed by atoms with Crippen molar-refractivity contribution >= 4 is 17.9 Å². The summed E-state index contributed by atoms with van der Waals surface area (Å²) in [6, 6.07) is 0. The Labute approximate surface area is 368 Å². The van der Waals surface area contributed by atoms with Gasteiger partial charge in [-0.3, -0.25) is 14.4 Å². The van der Waals surface area contributed by atoms with Gasteiger partial charge in [-0.15, -0.1) is 0 Å². The second kappa shape index (κ2) is 47.5. The molecule has 6 nitrogen and oxygen atoms in total. The van der Waals surface area contributed by atoms with Crippen LogP contribution in [0.2, 0.25) is 0 Å². The van der Waals surface area contributed by atoms with E-state index in [2.05, 4.69) is 27.7 Å². The molecule has 0 fully saturated rings. The van der Waals surface area contributed by atoms with Crippen LogP contribution in [0.15, 0.2) is 0 Å². The highest BCUT2D eigenvalue weighted by Gasteiger charge is 2.19. The molecule has 0 saturated heterocycles. The molecule has 0 N–H and O–H groups in total. The highest BCUT2D eigenvalue weighted by molar-refractivity contribution is 5.71. The molecule has 0 saturated carbocycles. The van der Waals surface area contributed by atoms with Crippen LogP contribution >= 0.6 is 0 Å². The summed E-state index contributed by atoms with van der Waals surface area (Å²) in [5.41, 5.74) is 0. The number of ether oxygens (including phenoxy) is 3. The number of carbonyl (C=O) groups excluding carboxylic acids is 3. The normalized spacial score (nSPS) is 11.9. The van der Waals surface area contributed by atoms with Crippen LogP contribution in [0.5, 0.6) is 0 Å². The fourth-order valence-electron chi connectivity index (χ4n) is 8.04. The number of carbonyl (C=O) groups is 3. The van der Waals surface area contributed by atoms with Gasteiger partial charge in [0.15, 0.2) is 6.10 Å². The Kier molecular flexibility index (Phi) is 46.2. The lowest BCUT2D eigenvalue weighted by Gasteiger charge is -2.18. The second-order valence-corrected chi connectivity index (χ2v) is 18.6.